The van der Waals surface area contributed by atoms with Crippen molar-refractivity contribution in [2.75, 3.05) is 0 Å². The van der Waals surface area contributed by atoms with Gasteiger partial charge in [-0.1, -0.05) is 44.2 Å². The Labute approximate surface area is 90.9 Å². The van der Waals surface area contributed by atoms with Gasteiger partial charge in [-0.2, -0.15) is 0 Å². The highest BCUT2D eigenvalue weighted by Gasteiger charge is 2.23. The zero-order valence-corrected chi connectivity index (χ0v) is 9.26. The van der Waals surface area contributed by atoms with Crippen LogP contribution < -0.4 is 0 Å². The van der Waals surface area contributed by atoms with Gasteiger partial charge in [-0.15, -0.1) is 0 Å². The molecule has 2 unspecified atom stereocenters. The Morgan fingerprint density at radius 1 is 1.27 bits per heavy atom. The van der Waals surface area contributed by atoms with Crippen LogP contribution in [0.5, 0.6) is 0 Å². The summed E-state index contributed by atoms with van der Waals surface area (Å²) in [7, 11) is 0. The van der Waals surface area contributed by atoms with E-state index in [0.29, 0.717) is 6.42 Å². The predicted molar refractivity (Wildman–Crippen MR) is 60.7 cm³/mol. The molecule has 0 saturated carbocycles. The largest absolute Gasteiger partial charge is 0.392 e. The van der Waals surface area contributed by atoms with Crippen LogP contribution >= 0.6 is 0 Å². The SMILES string of the molecule is CC(C)C(O)C(CC=O)c1ccccc1. The molecule has 2 atom stereocenters. The average molecular weight is 206 g/mol. The molecule has 1 rings (SSSR count). The number of aliphatic hydroxyl groups is 1. The molecule has 1 N–H and O–H groups in total. The van der Waals surface area contributed by atoms with Crippen molar-refractivity contribution in [2.24, 2.45) is 5.92 Å². The van der Waals surface area contributed by atoms with Crippen molar-refractivity contribution in [3.8, 4) is 0 Å². The van der Waals surface area contributed by atoms with Gasteiger partial charge in [0.15, 0.2) is 0 Å². The zero-order valence-electron chi connectivity index (χ0n) is 9.26. The molecule has 0 aliphatic rings. The number of aliphatic hydroxyl groups excluding tert-OH is 1. The monoisotopic (exact) mass is 206 g/mol. The van der Waals surface area contributed by atoms with Crippen LogP contribution in [0.25, 0.3) is 0 Å². The summed E-state index contributed by atoms with van der Waals surface area (Å²) in [5.41, 5.74) is 1.03. The Balaban J connectivity index is 2.87. The third-order valence-corrected chi connectivity index (χ3v) is 2.67. The second-order valence-electron chi connectivity index (χ2n) is 4.15. The summed E-state index contributed by atoms with van der Waals surface area (Å²) in [6.07, 6.45) is 0.796. The quantitative estimate of drug-likeness (QED) is 0.751. The van der Waals surface area contributed by atoms with Crippen LogP contribution in [0.3, 0.4) is 0 Å². The van der Waals surface area contributed by atoms with E-state index in [1.54, 1.807) is 0 Å². The molecular formula is C13H18O2. The molecule has 0 amide bonds. The van der Waals surface area contributed by atoms with Crippen molar-refractivity contribution in [2.45, 2.75) is 32.3 Å². The van der Waals surface area contributed by atoms with Crippen molar-refractivity contribution >= 4 is 6.29 Å². The molecule has 1 aromatic rings. The van der Waals surface area contributed by atoms with Crippen molar-refractivity contribution < 1.29 is 9.90 Å². The molecule has 0 aliphatic heterocycles. The third-order valence-electron chi connectivity index (χ3n) is 2.67. The molecule has 0 heterocycles. The topological polar surface area (TPSA) is 37.3 Å². The van der Waals surface area contributed by atoms with Crippen molar-refractivity contribution in [3.05, 3.63) is 35.9 Å². The molecule has 0 radical (unpaired) electrons. The minimum absolute atomic E-state index is 0.0799. The summed E-state index contributed by atoms with van der Waals surface area (Å²) in [5.74, 6) is 0.0823. The first-order chi connectivity index (χ1) is 7.16. The highest BCUT2D eigenvalue weighted by Crippen LogP contribution is 2.26. The number of benzene rings is 1. The van der Waals surface area contributed by atoms with Crippen LogP contribution in [0.1, 0.15) is 31.7 Å². The average Bonchev–Trinajstić information content (AvgIpc) is 2.26. The first kappa shape index (κ1) is 11.9. The summed E-state index contributed by atoms with van der Waals surface area (Å²) in [5, 5.41) is 10.0. The Morgan fingerprint density at radius 2 is 1.87 bits per heavy atom. The van der Waals surface area contributed by atoms with Crippen LogP contribution in [0, 0.1) is 5.92 Å². The van der Waals surface area contributed by atoms with E-state index in [-0.39, 0.29) is 11.8 Å². The van der Waals surface area contributed by atoms with E-state index >= 15 is 0 Å². The van der Waals surface area contributed by atoms with E-state index in [4.69, 9.17) is 0 Å². The fourth-order valence-corrected chi connectivity index (χ4v) is 1.74. The smallest absolute Gasteiger partial charge is 0.120 e. The van der Waals surface area contributed by atoms with Crippen molar-refractivity contribution in [3.63, 3.8) is 0 Å². The minimum Gasteiger partial charge on any atom is -0.392 e. The molecule has 0 aromatic heterocycles. The number of carbonyl (C=O) groups excluding carboxylic acids is 1. The molecule has 2 heteroatoms. The lowest BCUT2D eigenvalue weighted by molar-refractivity contribution is -0.108. The molecule has 15 heavy (non-hydrogen) atoms. The normalized spacial score (nSPS) is 14.9. The fourth-order valence-electron chi connectivity index (χ4n) is 1.74. The maximum Gasteiger partial charge on any atom is 0.120 e. The Bertz CT molecular complexity index is 293. The van der Waals surface area contributed by atoms with Gasteiger partial charge < -0.3 is 9.90 Å². The molecular weight excluding hydrogens is 188 g/mol. The molecule has 0 fully saturated rings. The van der Waals surface area contributed by atoms with Crippen molar-refractivity contribution in [1.82, 2.24) is 0 Å². The summed E-state index contributed by atoms with van der Waals surface area (Å²) >= 11 is 0. The van der Waals surface area contributed by atoms with Crippen LogP contribution in [0.2, 0.25) is 0 Å². The highest BCUT2D eigenvalue weighted by atomic mass is 16.3. The van der Waals surface area contributed by atoms with Crippen LogP contribution in [-0.2, 0) is 4.79 Å². The number of hydrogen-bond acceptors (Lipinski definition) is 2. The van der Waals surface area contributed by atoms with Gasteiger partial charge in [-0.05, 0) is 11.5 Å². The van der Waals surface area contributed by atoms with Crippen molar-refractivity contribution in [1.29, 1.82) is 0 Å². The van der Waals surface area contributed by atoms with E-state index in [2.05, 4.69) is 0 Å². The van der Waals surface area contributed by atoms with Gasteiger partial charge in [0.05, 0.1) is 6.10 Å². The van der Waals surface area contributed by atoms with Gasteiger partial charge in [0.2, 0.25) is 0 Å². The molecule has 0 bridgehead atoms. The lowest BCUT2D eigenvalue weighted by Gasteiger charge is -2.24. The van der Waals surface area contributed by atoms with E-state index in [1.165, 1.54) is 0 Å². The first-order valence-electron chi connectivity index (χ1n) is 5.33. The number of carbonyl (C=O) groups is 1. The van der Waals surface area contributed by atoms with E-state index in [9.17, 15) is 9.90 Å². The Morgan fingerprint density at radius 3 is 2.33 bits per heavy atom. The molecule has 2 nitrogen and oxygen atoms in total. The summed E-state index contributed by atoms with van der Waals surface area (Å²) < 4.78 is 0. The van der Waals surface area contributed by atoms with E-state index < -0.39 is 6.10 Å². The molecule has 0 aliphatic carbocycles. The lowest BCUT2D eigenvalue weighted by atomic mass is 9.85. The standard InChI is InChI=1S/C13H18O2/c1-10(2)13(15)12(8-9-14)11-6-4-3-5-7-11/h3-7,9-10,12-13,15H,8H2,1-2H3. The second kappa shape index (κ2) is 5.66. The van der Waals surface area contributed by atoms with Gasteiger partial charge in [0.25, 0.3) is 0 Å². The van der Waals surface area contributed by atoms with Gasteiger partial charge >= 0.3 is 0 Å². The van der Waals surface area contributed by atoms with E-state index in [1.807, 2.05) is 44.2 Å². The summed E-state index contributed by atoms with van der Waals surface area (Å²) in [4.78, 5) is 10.6. The van der Waals surface area contributed by atoms with Crippen LogP contribution in [-0.4, -0.2) is 17.5 Å². The maximum absolute atomic E-state index is 10.6. The molecule has 0 saturated heterocycles. The third kappa shape index (κ3) is 3.17. The Kier molecular flexibility index (Phi) is 4.50. The van der Waals surface area contributed by atoms with Gasteiger partial charge in [-0.3, -0.25) is 0 Å². The fraction of sp³-hybridized carbons (Fsp3) is 0.462. The lowest BCUT2D eigenvalue weighted by Crippen LogP contribution is -2.24. The highest BCUT2D eigenvalue weighted by molar-refractivity contribution is 5.52. The maximum atomic E-state index is 10.6. The summed E-state index contributed by atoms with van der Waals surface area (Å²) in [6.45, 7) is 3.93. The molecule has 0 spiro atoms. The van der Waals surface area contributed by atoms with Gasteiger partial charge in [-0.25, -0.2) is 0 Å². The number of aldehydes is 1. The molecule has 1 aromatic carbocycles. The van der Waals surface area contributed by atoms with Gasteiger partial charge in [0, 0.05) is 12.3 Å². The zero-order chi connectivity index (χ0) is 11.3. The van der Waals surface area contributed by atoms with E-state index in [0.717, 1.165) is 11.8 Å². The number of hydrogen-bond donors (Lipinski definition) is 1. The molecule has 82 valence electrons. The summed E-state index contributed by atoms with van der Waals surface area (Å²) in [6, 6.07) is 9.71. The Hall–Kier alpha value is -1.15. The van der Waals surface area contributed by atoms with Crippen LogP contribution in [0.4, 0.5) is 0 Å². The second-order valence-corrected chi connectivity index (χ2v) is 4.15. The first-order valence-corrected chi connectivity index (χ1v) is 5.33. The minimum atomic E-state index is -0.461. The van der Waals surface area contributed by atoms with Gasteiger partial charge in [0.1, 0.15) is 6.29 Å². The number of rotatable bonds is 5. The predicted octanol–water partition coefficient (Wildman–Crippen LogP) is 2.38. The van der Waals surface area contributed by atoms with Crippen LogP contribution in [0.15, 0.2) is 30.3 Å².